The molecule has 1 atom stereocenters. The van der Waals surface area contributed by atoms with Crippen molar-refractivity contribution < 1.29 is 0 Å². The maximum absolute atomic E-state index is 6.00. The van der Waals surface area contributed by atoms with Gasteiger partial charge in [0, 0.05) is 38.4 Å². The highest BCUT2D eigenvalue weighted by molar-refractivity contribution is 5.56. The molecule has 2 N–H and O–H groups in total. The van der Waals surface area contributed by atoms with E-state index in [1.54, 1.807) is 0 Å². The summed E-state index contributed by atoms with van der Waals surface area (Å²) in [7, 11) is 0. The number of piperazine rings is 1. The third-order valence-electron chi connectivity index (χ3n) is 4.94. The summed E-state index contributed by atoms with van der Waals surface area (Å²) < 4.78 is 2.13. The lowest BCUT2D eigenvalue weighted by molar-refractivity contribution is 0.133. The average molecular weight is 285 g/mol. The quantitative estimate of drug-likeness (QED) is 0.908. The summed E-state index contributed by atoms with van der Waals surface area (Å²) in [5, 5.41) is 0. The van der Waals surface area contributed by atoms with Gasteiger partial charge >= 0.3 is 0 Å². The zero-order valence-electron chi connectivity index (χ0n) is 12.4. The molecule has 2 aliphatic rings. The Morgan fingerprint density at radius 3 is 3.05 bits per heavy atom. The molecule has 2 aromatic heterocycles. The summed E-state index contributed by atoms with van der Waals surface area (Å²) in [6.45, 7) is 5.12. The number of hydrogen-bond acceptors (Lipinski definition) is 4. The van der Waals surface area contributed by atoms with Crippen LogP contribution in [-0.2, 0) is 6.54 Å². The Balaban J connectivity index is 1.66. The van der Waals surface area contributed by atoms with E-state index < -0.39 is 0 Å². The van der Waals surface area contributed by atoms with E-state index in [1.165, 1.54) is 25.8 Å². The average Bonchev–Trinajstić information content (AvgIpc) is 2.93. The second kappa shape index (κ2) is 5.31. The van der Waals surface area contributed by atoms with Crippen LogP contribution >= 0.6 is 0 Å². The number of imidazole rings is 1. The van der Waals surface area contributed by atoms with E-state index in [2.05, 4.69) is 26.5 Å². The van der Waals surface area contributed by atoms with E-state index in [1.807, 2.05) is 12.1 Å². The monoisotopic (exact) mass is 285 g/mol. The van der Waals surface area contributed by atoms with Crippen molar-refractivity contribution in [1.82, 2.24) is 14.3 Å². The van der Waals surface area contributed by atoms with Crippen molar-refractivity contribution in [2.75, 3.05) is 31.1 Å². The molecule has 0 amide bonds. The summed E-state index contributed by atoms with van der Waals surface area (Å²) in [5.74, 6) is 1.09. The molecule has 112 valence electrons. The number of rotatable bonds is 2. The number of fused-ring (bicyclic) bond motifs is 2. The normalized spacial score (nSPS) is 23.5. The summed E-state index contributed by atoms with van der Waals surface area (Å²) in [5.41, 5.74) is 8.13. The Hall–Kier alpha value is -1.59. The molecular weight excluding hydrogens is 262 g/mol. The number of pyridine rings is 1. The van der Waals surface area contributed by atoms with E-state index in [0.717, 1.165) is 36.8 Å². The molecule has 4 rings (SSSR count). The molecule has 0 spiro atoms. The van der Waals surface area contributed by atoms with Gasteiger partial charge in [0.15, 0.2) is 5.82 Å². The Bertz CT molecular complexity index is 635. The number of anilines is 1. The lowest BCUT2D eigenvalue weighted by atomic mass is 9.99. The zero-order valence-corrected chi connectivity index (χ0v) is 12.4. The first-order valence-corrected chi connectivity index (χ1v) is 8.02. The fourth-order valence-electron chi connectivity index (χ4n) is 3.83. The molecule has 2 fully saturated rings. The molecule has 0 saturated carbocycles. The molecule has 5 nitrogen and oxygen atoms in total. The molecule has 0 radical (unpaired) electrons. The standard InChI is InChI=1S/C16H23N5/c17-11-14-16(18-15-6-2-4-8-21(14)15)20-10-9-19-7-3-1-5-13(19)12-20/h2,4,6,8,13H,1,3,5,7,9-12,17H2. The van der Waals surface area contributed by atoms with Crippen LogP contribution in [0.15, 0.2) is 24.4 Å². The van der Waals surface area contributed by atoms with Gasteiger partial charge in [0.05, 0.1) is 5.69 Å². The van der Waals surface area contributed by atoms with Gasteiger partial charge in [-0.2, -0.15) is 0 Å². The van der Waals surface area contributed by atoms with Gasteiger partial charge in [0.25, 0.3) is 0 Å². The van der Waals surface area contributed by atoms with Gasteiger partial charge in [-0.25, -0.2) is 4.98 Å². The maximum Gasteiger partial charge on any atom is 0.152 e. The SMILES string of the molecule is NCc1c(N2CCN3CCCCC3C2)nc2ccccn12. The van der Waals surface area contributed by atoms with Gasteiger partial charge in [0.2, 0.25) is 0 Å². The number of nitrogens with two attached hydrogens (primary N) is 1. The second-order valence-corrected chi connectivity index (χ2v) is 6.15. The first kappa shape index (κ1) is 13.1. The van der Waals surface area contributed by atoms with Crippen LogP contribution in [0.3, 0.4) is 0 Å². The maximum atomic E-state index is 6.00. The Kier molecular flexibility index (Phi) is 3.31. The van der Waals surface area contributed by atoms with Crippen LogP contribution in [0.1, 0.15) is 25.0 Å². The van der Waals surface area contributed by atoms with Gasteiger partial charge in [-0.15, -0.1) is 0 Å². The molecule has 0 bridgehead atoms. The molecule has 2 aliphatic heterocycles. The highest BCUT2D eigenvalue weighted by Gasteiger charge is 2.30. The summed E-state index contributed by atoms with van der Waals surface area (Å²) >= 11 is 0. The minimum absolute atomic E-state index is 0.533. The first-order valence-electron chi connectivity index (χ1n) is 8.02. The Morgan fingerprint density at radius 2 is 2.14 bits per heavy atom. The van der Waals surface area contributed by atoms with E-state index >= 15 is 0 Å². The Morgan fingerprint density at radius 1 is 1.19 bits per heavy atom. The van der Waals surface area contributed by atoms with Crippen molar-refractivity contribution in [3.05, 3.63) is 30.1 Å². The summed E-state index contributed by atoms with van der Waals surface area (Å²) in [6.07, 6.45) is 6.11. The molecule has 5 heteroatoms. The van der Waals surface area contributed by atoms with Crippen molar-refractivity contribution in [3.63, 3.8) is 0 Å². The van der Waals surface area contributed by atoms with Crippen molar-refractivity contribution >= 4 is 11.5 Å². The van der Waals surface area contributed by atoms with Crippen molar-refractivity contribution in [2.45, 2.75) is 31.8 Å². The fourth-order valence-corrected chi connectivity index (χ4v) is 3.83. The molecule has 21 heavy (non-hydrogen) atoms. The van der Waals surface area contributed by atoms with Gasteiger partial charge in [-0.05, 0) is 31.5 Å². The number of hydrogen-bond donors (Lipinski definition) is 1. The van der Waals surface area contributed by atoms with Gasteiger partial charge in [-0.3, -0.25) is 4.90 Å². The second-order valence-electron chi connectivity index (χ2n) is 6.15. The van der Waals surface area contributed by atoms with E-state index in [0.29, 0.717) is 12.6 Å². The lowest BCUT2D eigenvalue weighted by Gasteiger charge is -2.44. The van der Waals surface area contributed by atoms with Crippen LogP contribution in [0.5, 0.6) is 0 Å². The van der Waals surface area contributed by atoms with Crippen LogP contribution in [0, 0.1) is 0 Å². The molecule has 2 saturated heterocycles. The molecule has 1 unspecified atom stereocenters. The van der Waals surface area contributed by atoms with Crippen LogP contribution in [-0.4, -0.2) is 46.5 Å². The predicted octanol–water partition coefficient (Wildman–Crippen LogP) is 1.47. The van der Waals surface area contributed by atoms with Crippen LogP contribution < -0.4 is 10.6 Å². The minimum Gasteiger partial charge on any atom is -0.352 e. The topological polar surface area (TPSA) is 49.8 Å². The van der Waals surface area contributed by atoms with Crippen LogP contribution in [0.4, 0.5) is 5.82 Å². The van der Waals surface area contributed by atoms with Crippen LogP contribution in [0.25, 0.3) is 5.65 Å². The molecular formula is C16H23N5. The van der Waals surface area contributed by atoms with Crippen molar-refractivity contribution in [1.29, 1.82) is 0 Å². The minimum atomic E-state index is 0.533. The largest absolute Gasteiger partial charge is 0.352 e. The van der Waals surface area contributed by atoms with E-state index in [9.17, 15) is 0 Å². The van der Waals surface area contributed by atoms with E-state index in [-0.39, 0.29) is 0 Å². The van der Waals surface area contributed by atoms with Gasteiger partial charge in [0.1, 0.15) is 5.65 Å². The first-order chi connectivity index (χ1) is 10.4. The third-order valence-corrected chi connectivity index (χ3v) is 4.94. The van der Waals surface area contributed by atoms with Gasteiger partial charge < -0.3 is 15.0 Å². The third kappa shape index (κ3) is 2.21. The number of piperidine rings is 1. The van der Waals surface area contributed by atoms with Crippen molar-refractivity contribution in [2.24, 2.45) is 5.73 Å². The predicted molar refractivity (Wildman–Crippen MR) is 84.5 cm³/mol. The Labute approximate surface area is 125 Å². The molecule has 0 aromatic carbocycles. The summed E-state index contributed by atoms with van der Waals surface area (Å²) in [4.78, 5) is 9.93. The lowest BCUT2D eigenvalue weighted by Crippen LogP contribution is -2.55. The highest BCUT2D eigenvalue weighted by atomic mass is 15.3. The van der Waals surface area contributed by atoms with E-state index in [4.69, 9.17) is 10.7 Å². The highest BCUT2D eigenvalue weighted by Crippen LogP contribution is 2.27. The molecule has 4 heterocycles. The smallest absolute Gasteiger partial charge is 0.152 e. The zero-order chi connectivity index (χ0) is 14.2. The molecule has 2 aromatic rings. The molecule has 0 aliphatic carbocycles. The van der Waals surface area contributed by atoms with Crippen molar-refractivity contribution in [3.8, 4) is 0 Å². The van der Waals surface area contributed by atoms with Crippen LogP contribution in [0.2, 0.25) is 0 Å². The fraction of sp³-hybridized carbons (Fsp3) is 0.562. The number of nitrogens with zero attached hydrogens (tertiary/aromatic N) is 4. The summed E-state index contributed by atoms with van der Waals surface area (Å²) in [6, 6.07) is 6.82. The number of aromatic nitrogens is 2. The van der Waals surface area contributed by atoms with Gasteiger partial charge in [-0.1, -0.05) is 12.5 Å².